The second-order valence-electron chi connectivity index (χ2n) is 6.17. The lowest BCUT2D eigenvalue weighted by Gasteiger charge is -2.20. The highest BCUT2D eigenvalue weighted by atomic mass is 16.1. The van der Waals surface area contributed by atoms with Gasteiger partial charge in [0.05, 0.1) is 12.0 Å². The van der Waals surface area contributed by atoms with Crippen LogP contribution in [0.15, 0.2) is 36.8 Å². The highest BCUT2D eigenvalue weighted by molar-refractivity contribution is 5.83. The van der Waals surface area contributed by atoms with Crippen molar-refractivity contribution >= 4 is 16.8 Å². The Hall–Kier alpha value is -2.56. The lowest BCUT2D eigenvalue weighted by Crippen LogP contribution is -2.35. The van der Waals surface area contributed by atoms with Crippen LogP contribution in [0, 0.1) is 5.92 Å². The maximum Gasteiger partial charge on any atom is 0.223 e. The van der Waals surface area contributed by atoms with Crippen molar-refractivity contribution in [1.29, 1.82) is 0 Å². The lowest BCUT2D eigenvalue weighted by molar-refractivity contribution is -0.125. The van der Waals surface area contributed by atoms with Crippen molar-refractivity contribution in [2.45, 2.75) is 25.7 Å². The fourth-order valence-corrected chi connectivity index (χ4v) is 3.43. The van der Waals surface area contributed by atoms with E-state index < -0.39 is 0 Å². The molecule has 5 heteroatoms. The molecule has 1 aromatic carbocycles. The minimum absolute atomic E-state index is 0.0610. The summed E-state index contributed by atoms with van der Waals surface area (Å²) in [6.45, 7) is 0.674. The van der Waals surface area contributed by atoms with E-state index in [1.54, 1.807) is 6.33 Å². The first-order chi connectivity index (χ1) is 11.3. The summed E-state index contributed by atoms with van der Waals surface area (Å²) >= 11 is 0. The molecule has 1 aliphatic carbocycles. The highest BCUT2D eigenvalue weighted by Gasteiger charge is 2.25. The number of benzene rings is 1. The minimum Gasteiger partial charge on any atom is -0.361 e. The van der Waals surface area contributed by atoms with Gasteiger partial charge in [-0.05, 0) is 30.9 Å². The minimum atomic E-state index is 0.0610. The predicted octanol–water partition coefficient (Wildman–Crippen LogP) is 2.35. The Morgan fingerprint density at radius 1 is 1.30 bits per heavy atom. The SMILES string of the molecule is O=C(NCCc1c[nH]c2ccccc12)C1CCc2nc[nH]c2C1. The first-order valence-electron chi connectivity index (χ1n) is 8.15. The second-order valence-corrected chi connectivity index (χ2v) is 6.17. The number of para-hydroxylation sites is 1. The van der Waals surface area contributed by atoms with Crippen molar-refractivity contribution in [2.24, 2.45) is 5.92 Å². The number of amides is 1. The van der Waals surface area contributed by atoms with Crippen molar-refractivity contribution in [1.82, 2.24) is 20.3 Å². The molecule has 118 valence electrons. The first kappa shape index (κ1) is 14.1. The van der Waals surface area contributed by atoms with E-state index in [0.29, 0.717) is 6.54 Å². The third-order valence-electron chi connectivity index (χ3n) is 4.73. The zero-order valence-electron chi connectivity index (χ0n) is 12.9. The predicted molar refractivity (Wildman–Crippen MR) is 89.1 cm³/mol. The largest absolute Gasteiger partial charge is 0.361 e. The summed E-state index contributed by atoms with van der Waals surface area (Å²) in [6, 6.07) is 8.25. The third kappa shape index (κ3) is 2.74. The monoisotopic (exact) mass is 308 g/mol. The van der Waals surface area contributed by atoms with Crippen LogP contribution in [0.2, 0.25) is 0 Å². The lowest BCUT2D eigenvalue weighted by atomic mass is 9.89. The number of aromatic amines is 2. The Kier molecular flexibility index (Phi) is 3.61. The summed E-state index contributed by atoms with van der Waals surface area (Å²) in [5.74, 6) is 0.219. The molecule has 0 saturated heterocycles. The van der Waals surface area contributed by atoms with Gasteiger partial charge in [0.2, 0.25) is 5.91 Å². The topological polar surface area (TPSA) is 73.6 Å². The number of rotatable bonds is 4. The molecule has 1 amide bonds. The fourth-order valence-electron chi connectivity index (χ4n) is 3.43. The van der Waals surface area contributed by atoms with E-state index in [-0.39, 0.29) is 11.8 Å². The number of aryl methyl sites for hydroxylation is 1. The van der Waals surface area contributed by atoms with Gasteiger partial charge >= 0.3 is 0 Å². The number of fused-ring (bicyclic) bond motifs is 2. The molecule has 4 rings (SSSR count). The van der Waals surface area contributed by atoms with Crippen molar-refractivity contribution < 1.29 is 4.79 Å². The molecule has 3 N–H and O–H groups in total. The van der Waals surface area contributed by atoms with Crippen LogP contribution in [0.4, 0.5) is 0 Å². The number of carbonyl (C=O) groups excluding carboxylic acids is 1. The zero-order valence-corrected chi connectivity index (χ0v) is 12.9. The molecule has 3 aromatic rings. The number of nitrogens with one attached hydrogen (secondary N) is 3. The normalized spacial score (nSPS) is 17.1. The summed E-state index contributed by atoms with van der Waals surface area (Å²) in [7, 11) is 0. The van der Waals surface area contributed by atoms with Gasteiger partial charge in [-0.2, -0.15) is 0 Å². The summed E-state index contributed by atoms with van der Waals surface area (Å²) in [5, 5.41) is 4.33. The van der Waals surface area contributed by atoms with Crippen LogP contribution >= 0.6 is 0 Å². The number of H-pyrrole nitrogens is 2. The van der Waals surface area contributed by atoms with Crippen LogP contribution in [-0.4, -0.2) is 27.4 Å². The van der Waals surface area contributed by atoms with Crippen molar-refractivity contribution in [3.63, 3.8) is 0 Å². The van der Waals surface area contributed by atoms with E-state index in [2.05, 4.69) is 32.4 Å². The zero-order chi connectivity index (χ0) is 15.6. The van der Waals surface area contributed by atoms with Crippen LogP contribution in [-0.2, 0) is 24.1 Å². The summed E-state index contributed by atoms with van der Waals surface area (Å²) in [4.78, 5) is 23.1. The molecule has 0 fully saturated rings. The molecule has 1 atom stereocenters. The maximum atomic E-state index is 12.4. The molecule has 0 aliphatic heterocycles. The first-order valence-corrected chi connectivity index (χ1v) is 8.15. The molecular formula is C18H20N4O. The van der Waals surface area contributed by atoms with Gasteiger partial charge in [0.15, 0.2) is 0 Å². The summed E-state index contributed by atoms with van der Waals surface area (Å²) in [5.41, 5.74) is 4.63. The summed E-state index contributed by atoms with van der Waals surface area (Å²) < 4.78 is 0. The third-order valence-corrected chi connectivity index (χ3v) is 4.73. The van der Waals surface area contributed by atoms with Crippen LogP contribution in [0.1, 0.15) is 23.4 Å². The Morgan fingerprint density at radius 3 is 3.17 bits per heavy atom. The van der Waals surface area contributed by atoms with Gasteiger partial charge in [-0.15, -0.1) is 0 Å². The number of carbonyl (C=O) groups is 1. The molecule has 1 aliphatic rings. The molecule has 0 saturated carbocycles. The van der Waals surface area contributed by atoms with Gasteiger partial charge in [0.25, 0.3) is 0 Å². The van der Waals surface area contributed by atoms with Gasteiger partial charge in [-0.3, -0.25) is 4.79 Å². The van der Waals surface area contributed by atoms with Crippen molar-refractivity contribution in [3.8, 4) is 0 Å². The molecule has 2 aromatic heterocycles. The average molecular weight is 308 g/mol. The molecule has 1 unspecified atom stereocenters. The summed E-state index contributed by atoms with van der Waals surface area (Å²) in [6.07, 6.45) is 7.15. The van der Waals surface area contributed by atoms with Crippen LogP contribution in [0.3, 0.4) is 0 Å². The Morgan fingerprint density at radius 2 is 2.22 bits per heavy atom. The molecule has 2 heterocycles. The van der Waals surface area contributed by atoms with Gasteiger partial charge in [-0.1, -0.05) is 18.2 Å². The molecule has 5 nitrogen and oxygen atoms in total. The van der Waals surface area contributed by atoms with Crippen LogP contribution in [0.5, 0.6) is 0 Å². The van der Waals surface area contributed by atoms with Crippen molar-refractivity contribution in [3.05, 3.63) is 53.7 Å². The number of hydrogen-bond acceptors (Lipinski definition) is 2. The Balaban J connectivity index is 1.34. The fraction of sp³-hybridized carbons (Fsp3) is 0.333. The van der Waals surface area contributed by atoms with E-state index in [9.17, 15) is 4.79 Å². The number of aromatic nitrogens is 3. The van der Waals surface area contributed by atoms with Gasteiger partial charge in [0, 0.05) is 41.7 Å². The quantitative estimate of drug-likeness (QED) is 0.692. The molecule has 23 heavy (non-hydrogen) atoms. The average Bonchev–Trinajstić information content (AvgIpc) is 3.21. The van der Waals surface area contributed by atoms with Gasteiger partial charge in [-0.25, -0.2) is 4.98 Å². The maximum absolute atomic E-state index is 12.4. The molecule has 0 spiro atoms. The Labute approximate surface area is 134 Å². The molecule has 0 bridgehead atoms. The smallest absolute Gasteiger partial charge is 0.223 e. The second kappa shape index (κ2) is 5.91. The molecular weight excluding hydrogens is 288 g/mol. The van der Waals surface area contributed by atoms with E-state index >= 15 is 0 Å². The van der Waals surface area contributed by atoms with Gasteiger partial charge < -0.3 is 15.3 Å². The van der Waals surface area contributed by atoms with E-state index in [4.69, 9.17) is 0 Å². The van der Waals surface area contributed by atoms with E-state index in [1.807, 2.05) is 18.3 Å². The van der Waals surface area contributed by atoms with Gasteiger partial charge in [0.1, 0.15) is 0 Å². The van der Waals surface area contributed by atoms with Crippen LogP contribution in [0.25, 0.3) is 10.9 Å². The Bertz CT molecular complexity index is 832. The number of nitrogens with zero attached hydrogens (tertiary/aromatic N) is 1. The standard InChI is InChI=1S/C18H20N4O/c23-18(12-5-6-16-17(9-12)22-11-21-16)19-8-7-13-10-20-15-4-2-1-3-14(13)15/h1-4,10-12,20H,5-9H2,(H,19,23)(H,21,22). The van der Waals surface area contributed by atoms with Crippen molar-refractivity contribution in [2.75, 3.05) is 6.54 Å². The highest BCUT2D eigenvalue weighted by Crippen LogP contribution is 2.23. The van der Waals surface area contributed by atoms with Crippen LogP contribution < -0.4 is 5.32 Å². The number of hydrogen-bond donors (Lipinski definition) is 3. The van der Waals surface area contributed by atoms with E-state index in [1.165, 1.54) is 10.9 Å². The van der Waals surface area contributed by atoms with E-state index in [0.717, 1.165) is 42.6 Å². The number of imidazole rings is 1. The molecule has 0 radical (unpaired) electrons.